The summed E-state index contributed by atoms with van der Waals surface area (Å²) in [6.45, 7) is 0.862. The van der Waals surface area contributed by atoms with Crippen molar-refractivity contribution in [3.05, 3.63) is 71.8 Å². The summed E-state index contributed by atoms with van der Waals surface area (Å²) in [5.41, 5.74) is 2.57. The molecular formula is C20H25NO. The highest BCUT2D eigenvalue weighted by Crippen LogP contribution is 2.33. The van der Waals surface area contributed by atoms with E-state index in [9.17, 15) is 5.11 Å². The minimum absolute atomic E-state index is 0.367. The van der Waals surface area contributed by atoms with Gasteiger partial charge in [-0.25, -0.2) is 0 Å². The molecule has 22 heavy (non-hydrogen) atoms. The van der Waals surface area contributed by atoms with Crippen LogP contribution in [0, 0.1) is 5.92 Å². The molecule has 0 atom stereocenters. The van der Waals surface area contributed by atoms with Crippen molar-refractivity contribution in [3.8, 4) is 0 Å². The number of rotatable bonds is 3. The lowest BCUT2D eigenvalue weighted by Gasteiger charge is -2.29. The zero-order chi connectivity index (χ0) is 15.2. The van der Waals surface area contributed by atoms with Gasteiger partial charge >= 0.3 is 0 Å². The molecule has 1 aromatic rings. The van der Waals surface area contributed by atoms with Crippen molar-refractivity contribution in [2.75, 3.05) is 0 Å². The fraction of sp³-hybridized carbons (Fsp3) is 0.400. The molecule has 1 fully saturated rings. The van der Waals surface area contributed by atoms with E-state index in [0.29, 0.717) is 11.7 Å². The molecule has 1 aliphatic carbocycles. The summed E-state index contributed by atoms with van der Waals surface area (Å²) in [6.07, 6.45) is 15.6. The van der Waals surface area contributed by atoms with Gasteiger partial charge in [0.2, 0.25) is 0 Å². The molecule has 3 rings (SSSR count). The third kappa shape index (κ3) is 3.82. The lowest BCUT2D eigenvalue weighted by atomic mass is 9.94. The third-order valence-corrected chi connectivity index (χ3v) is 4.63. The predicted molar refractivity (Wildman–Crippen MR) is 91.1 cm³/mol. The molecule has 1 saturated carbocycles. The Balaban J connectivity index is 1.83. The fourth-order valence-corrected chi connectivity index (χ4v) is 3.47. The first-order chi connectivity index (χ1) is 10.8. The number of aliphatic hydroxyl groups is 1. The van der Waals surface area contributed by atoms with E-state index in [1.165, 1.54) is 49.8 Å². The van der Waals surface area contributed by atoms with Crippen LogP contribution < -0.4 is 0 Å². The topological polar surface area (TPSA) is 23.5 Å². The van der Waals surface area contributed by atoms with Crippen LogP contribution in [0.5, 0.6) is 0 Å². The first kappa shape index (κ1) is 15.0. The predicted octanol–water partition coefficient (Wildman–Crippen LogP) is 5.31. The highest BCUT2D eigenvalue weighted by atomic mass is 16.3. The van der Waals surface area contributed by atoms with Crippen LogP contribution in [0.15, 0.2) is 66.2 Å². The highest BCUT2D eigenvalue weighted by molar-refractivity contribution is 5.29. The third-order valence-electron chi connectivity index (χ3n) is 4.63. The molecule has 0 saturated heterocycles. The van der Waals surface area contributed by atoms with Gasteiger partial charge in [0.15, 0.2) is 0 Å². The summed E-state index contributed by atoms with van der Waals surface area (Å²) >= 11 is 0. The Morgan fingerprint density at radius 3 is 2.45 bits per heavy atom. The maximum absolute atomic E-state index is 10.1. The van der Waals surface area contributed by atoms with E-state index in [-0.39, 0.29) is 0 Å². The molecule has 2 nitrogen and oxygen atoms in total. The molecule has 0 spiro atoms. The van der Waals surface area contributed by atoms with Gasteiger partial charge in [0, 0.05) is 18.4 Å². The van der Waals surface area contributed by atoms with E-state index in [4.69, 9.17) is 0 Å². The maximum atomic E-state index is 10.1. The summed E-state index contributed by atoms with van der Waals surface area (Å²) in [6, 6.07) is 10.5. The second kappa shape index (κ2) is 7.35. The van der Waals surface area contributed by atoms with Crippen molar-refractivity contribution in [1.82, 2.24) is 4.90 Å². The van der Waals surface area contributed by atoms with E-state index in [0.717, 1.165) is 6.54 Å². The number of hydrogen-bond donors (Lipinski definition) is 1. The average molecular weight is 295 g/mol. The number of allylic oxidation sites excluding steroid dienone is 4. The summed E-state index contributed by atoms with van der Waals surface area (Å²) in [4.78, 5) is 2.31. The van der Waals surface area contributed by atoms with Gasteiger partial charge < -0.3 is 10.0 Å². The van der Waals surface area contributed by atoms with Gasteiger partial charge in [0.05, 0.1) is 0 Å². The molecule has 0 aromatic heterocycles. The van der Waals surface area contributed by atoms with Crippen LogP contribution in [-0.4, -0.2) is 10.0 Å². The Labute approximate surface area is 133 Å². The maximum Gasteiger partial charge on any atom is 0.117 e. The molecule has 0 bridgehead atoms. The quantitative estimate of drug-likeness (QED) is 0.764. The monoisotopic (exact) mass is 295 g/mol. The molecule has 0 radical (unpaired) electrons. The van der Waals surface area contributed by atoms with Crippen LogP contribution in [0.2, 0.25) is 0 Å². The van der Waals surface area contributed by atoms with E-state index < -0.39 is 0 Å². The summed E-state index contributed by atoms with van der Waals surface area (Å²) in [5.74, 6) is 0.926. The standard InChI is InChI=1S/C20H25NO/c22-19-13-8-14-21(16-17-9-4-3-5-10-17)20(15-19)18-11-6-1-2-7-12-18/h3-5,8-10,13-15,18,22H,1-2,6-7,11-12,16H2. The number of benzene rings is 1. The minimum atomic E-state index is 0.367. The van der Waals surface area contributed by atoms with Crippen LogP contribution in [0.1, 0.15) is 44.1 Å². The fourth-order valence-electron chi connectivity index (χ4n) is 3.47. The molecule has 1 aliphatic heterocycles. The van der Waals surface area contributed by atoms with Crippen LogP contribution in [0.4, 0.5) is 0 Å². The normalized spacial score (nSPS) is 20.1. The zero-order valence-electron chi connectivity index (χ0n) is 13.1. The molecular weight excluding hydrogens is 270 g/mol. The Morgan fingerprint density at radius 2 is 1.73 bits per heavy atom. The van der Waals surface area contributed by atoms with Crippen molar-refractivity contribution in [3.63, 3.8) is 0 Å². The van der Waals surface area contributed by atoms with Gasteiger partial charge in [-0.1, -0.05) is 56.0 Å². The van der Waals surface area contributed by atoms with E-state index in [1.807, 2.05) is 12.2 Å². The molecule has 0 amide bonds. The van der Waals surface area contributed by atoms with Crippen molar-refractivity contribution >= 4 is 0 Å². The van der Waals surface area contributed by atoms with E-state index >= 15 is 0 Å². The van der Waals surface area contributed by atoms with E-state index in [2.05, 4.69) is 41.4 Å². The van der Waals surface area contributed by atoms with Gasteiger partial charge in [0.1, 0.15) is 5.76 Å². The zero-order valence-corrected chi connectivity index (χ0v) is 13.1. The number of hydrogen-bond acceptors (Lipinski definition) is 2. The molecule has 0 unspecified atom stereocenters. The number of aliphatic hydroxyl groups excluding tert-OH is 1. The highest BCUT2D eigenvalue weighted by Gasteiger charge is 2.22. The summed E-state index contributed by atoms with van der Waals surface area (Å²) < 4.78 is 0. The van der Waals surface area contributed by atoms with Crippen molar-refractivity contribution in [1.29, 1.82) is 0 Å². The van der Waals surface area contributed by atoms with Crippen molar-refractivity contribution in [2.24, 2.45) is 5.92 Å². The number of nitrogens with zero attached hydrogens (tertiary/aromatic N) is 1. The molecule has 1 N–H and O–H groups in total. The molecule has 2 heteroatoms. The summed E-state index contributed by atoms with van der Waals surface area (Å²) in [5, 5.41) is 10.1. The minimum Gasteiger partial charge on any atom is -0.508 e. The molecule has 1 aromatic carbocycles. The van der Waals surface area contributed by atoms with Crippen molar-refractivity contribution < 1.29 is 5.11 Å². The first-order valence-corrected chi connectivity index (χ1v) is 8.42. The SMILES string of the molecule is OC1=CC=CN(Cc2ccccc2)C(C2CCCCCC2)=C1. The largest absolute Gasteiger partial charge is 0.508 e. The van der Waals surface area contributed by atoms with Gasteiger partial charge in [-0.05, 0) is 42.6 Å². The smallest absolute Gasteiger partial charge is 0.117 e. The lowest BCUT2D eigenvalue weighted by Crippen LogP contribution is -2.22. The van der Waals surface area contributed by atoms with Crippen molar-refractivity contribution in [2.45, 2.75) is 45.1 Å². The molecule has 2 aliphatic rings. The first-order valence-electron chi connectivity index (χ1n) is 8.42. The van der Waals surface area contributed by atoms with Gasteiger partial charge in [0.25, 0.3) is 0 Å². The van der Waals surface area contributed by atoms with Gasteiger partial charge in [-0.3, -0.25) is 0 Å². The summed E-state index contributed by atoms with van der Waals surface area (Å²) in [7, 11) is 0. The van der Waals surface area contributed by atoms with Gasteiger partial charge in [-0.2, -0.15) is 0 Å². The second-order valence-electron chi connectivity index (χ2n) is 6.30. The average Bonchev–Trinajstić information content (AvgIpc) is 2.90. The lowest BCUT2D eigenvalue weighted by molar-refractivity contribution is 0.356. The van der Waals surface area contributed by atoms with Crippen LogP contribution >= 0.6 is 0 Å². The Kier molecular flexibility index (Phi) is 4.99. The van der Waals surface area contributed by atoms with Crippen LogP contribution in [0.25, 0.3) is 0 Å². The van der Waals surface area contributed by atoms with Crippen LogP contribution in [-0.2, 0) is 6.54 Å². The second-order valence-corrected chi connectivity index (χ2v) is 6.30. The Bertz CT molecular complexity index is 563. The Morgan fingerprint density at radius 1 is 1.00 bits per heavy atom. The molecule has 116 valence electrons. The van der Waals surface area contributed by atoms with Gasteiger partial charge in [-0.15, -0.1) is 0 Å². The van der Waals surface area contributed by atoms with Crippen LogP contribution in [0.3, 0.4) is 0 Å². The molecule has 1 heterocycles. The van der Waals surface area contributed by atoms with E-state index in [1.54, 1.807) is 6.08 Å². The Hall–Kier alpha value is -1.96.